The number of nitrogen functional groups attached to an aromatic ring is 2. The summed E-state index contributed by atoms with van der Waals surface area (Å²) in [6.07, 6.45) is 0.102. The van der Waals surface area contributed by atoms with Gasteiger partial charge in [-0.2, -0.15) is 0 Å². The first-order valence-electron chi connectivity index (χ1n) is 7.69. The molecule has 26 heavy (non-hydrogen) atoms. The zero-order valence-electron chi connectivity index (χ0n) is 13.6. The van der Waals surface area contributed by atoms with Crippen LogP contribution in [0.25, 0.3) is 0 Å². The predicted octanol–water partition coefficient (Wildman–Crippen LogP) is 4.39. The Balaban J connectivity index is 1.93. The fraction of sp³-hybridized carbons (Fsp3) is 0.111. The van der Waals surface area contributed by atoms with Crippen LogP contribution in [-0.2, 0) is 4.79 Å². The summed E-state index contributed by atoms with van der Waals surface area (Å²) in [5, 5.41) is 8.81. The van der Waals surface area contributed by atoms with E-state index in [-0.39, 0.29) is 24.3 Å². The maximum Gasteiger partial charge on any atom is 0.183 e. The Kier molecular flexibility index (Phi) is 5.06. The molecule has 1 aliphatic rings. The summed E-state index contributed by atoms with van der Waals surface area (Å²) in [6, 6.07) is 9.86. The molecule has 0 bridgehead atoms. The zero-order valence-corrected chi connectivity index (χ0v) is 15.1. The molecule has 0 heterocycles. The summed E-state index contributed by atoms with van der Waals surface area (Å²) in [4.78, 5) is 21.0. The van der Waals surface area contributed by atoms with E-state index < -0.39 is 0 Å². The van der Waals surface area contributed by atoms with E-state index in [1.165, 1.54) is 0 Å². The summed E-state index contributed by atoms with van der Waals surface area (Å²) in [5.74, 6) is -0.211. The minimum Gasteiger partial charge on any atom is -0.398 e. The summed E-state index contributed by atoms with van der Waals surface area (Å²) >= 11 is 12.0. The van der Waals surface area contributed by atoms with Crippen molar-refractivity contribution >= 4 is 68.9 Å². The van der Waals surface area contributed by atoms with Crippen molar-refractivity contribution in [3.63, 3.8) is 0 Å². The molecule has 0 atom stereocenters. The summed E-state index contributed by atoms with van der Waals surface area (Å²) in [7, 11) is 0. The van der Waals surface area contributed by atoms with Crippen molar-refractivity contribution in [2.45, 2.75) is 12.8 Å². The van der Waals surface area contributed by atoms with Crippen molar-refractivity contribution in [3.05, 3.63) is 46.4 Å². The molecule has 0 unspecified atom stereocenters. The minimum absolute atomic E-state index is 0.0525. The molecule has 0 radical (unpaired) electrons. The van der Waals surface area contributed by atoms with E-state index in [2.05, 4.69) is 9.98 Å². The highest BCUT2D eigenvalue weighted by molar-refractivity contribution is 6.61. The second-order valence-corrected chi connectivity index (χ2v) is 6.60. The van der Waals surface area contributed by atoms with Crippen LogP contribution in [0.5, 0.6) is 0 Å². The second kappa shape index (κ2) is 7.27. The molecular formula is C18H15Cl2N5O. The molecule has 6 nitrogen and oxygen atoms in total. The molecule has 1 aliphatic carbocycles. The Morgan fingerprint density at radius 3 is 1.85 bits per heavy atom. The molecule has 5 N–H and O–H groups in total. The Hall–Kier alpha value is -2.70. The maximum atomic E-state index is 12.2. The molecule has 1 fully saturated rings. The van der Waals surface area contributed by atoms with Gasteiger partial charge in [0.2, 0.25) is 0 Å². The number of nitrogens with one attached hydrogen (secondary N) is 1. The van der Waals surface area contributed by atoms with E-state index in [1.54, 1.807) is 36.4 Å². The van der Waals surface area contributed by atoms with Crippen LogP contribution in [0.1, 0.15) is 12.8 Å². The van der Waals surface area contributed by atoms with Crippen LogP contribution in [0.4, 0.5) is 22.7 Å². The number of rotatable bonds is 2. The highest BCUT2D eigenvalue weighted by atomic mass is 35.5. The number of ketones is 1. The smallest absolute Gasteiger partial charge is 0.183 e. The molecule has 0 aliphatic heterocycles. The van der Waals surface area contributed by atoms with Gasteiger partial charge in [0.25, 0.3) is 0 Å². The van der Waals surface area contributed by atoms with Gasteiger partial charge in [-0.3, -0.25) is 9.79 Å². The molecule has 132 valence electrons. The van der Waals surface area contributed by atoms with E-state index in [4.69, 9.17) is 40.1 Å². The molecule has 3 rings (SSSR count). The van der Waals surface area contributed by atoms with E-state index in [1.807, 2.05) is 0 Å². The van der Waals surface area contributed by atoms with Crippen LogP contribution in [0, 0.1) is 5.41 Å². The van der Waals surface area contributed by atoms with Gasteiger partial charge >= 0.3 is 0 Å². The average Bonchev–Trinajstić information content (AvgIpc) is 2.58. The van der Waals surface area contributed by atoms with E-state index in [0.29, 0.717) is 44.2 Å². The Morgan fingerprint density at radius 1 is 0.846 bits per heavy atom. The fourth-order valence-corrected chi connectivity index (χ4v) is 2.77. The molecule has 8 heteroatoms. The van der Waals surface area contributed by atoms with Gasteiger partial charge in [0.15, 0.2) is 5.78 Å². The molecule has 2 aromatic rings. The number of hydrogen-bond acceptors (Lipinski definition) is 6. The lowest BCUT2D eigenvalue weighted by molar-refractivity contribution is -0.112. The van der Waals surface area contributed by atoms with Crippen molar-refractivity contribution < 1.29 is 4.79 Å². The lowest BCUT2D eigenvalue weighted by atomic mass is 9.93. The predicted molar refractivity (Wildman–Crippen MR) is 108 cm³/mol. The van der Waals surface area contributed by atoms with E-state index >= 15 is 0 Å². The molecule has 2 aromatic carbocycles. The lowest BCUT2D eigenvalue weighted by Crippen LogP contribution is -2.32. The van der Waals surface area contributed by atoms with Crippen LogP contribution >= 0.6 is 23.2 Å². The zero-order chi connectivity index (χ0) is 18.8. The van der Waals surface area contributed by atoms with Gasteiger partial charge in [-0.25, -0.2) is 4.99 Å². The van der Waals surface area contributed by atoms with Gasteiger partial charge in [0.1, 0.15) is 0 Å². The summed E-state index contributed by atoms with van der Waals surface area (Å²) in [6.45, 7) is 0. The van der Waals surface area contributed by atoms with Crippen molar-refractivity contribution in [1.82, 2.24) is 0 Å². The normalized spacial score (nSPS) is 17.9. The number of nitrogens with zero attached hydrogens (tertiary/aromatic N) is 2. The minimum atomic E-state index is -0.211. The average molecular weight is 388 g/mol. The number of carbonyl (C=O) groups excluding carboxylic acids is 1. The first-order valence-corrected chi connectivity index (χ1v) is 8.45. The largest absolute Gasteiger partial charge is 0.398 e. The number of nitrogens with two attached hydrogens (primary N) is 2. The first-order chi connectivity index (χ1) is 12.3. The van der Waals surface area contributed by atoms with Gasteiger partial charge in [0.05, 0.1) is 56.4 Å². The van der Waals surface area contributed by atoms with Gasteiger partial charge in [-0.15, -0.1) is 0 Å². The third-order valence-corrected chi connectivity index (χ3v) is 4.49. The Labute approximate surface area is 160 Å². The van der Waals surface area contributed by atoms with Gasteiger partial charge in [-0.1, -0.05) is 23.2 Å². The van der Waals surface area contributed by atoms with Crippen molar-refractivity contribution in [2.75, 3.05) is 11.5 Å². The van der Waals surface area contributed by atoms with Crippen molar-refractivity contribution in [2.24, 2.45) is 9.98 Å². The number of hydrogen-bond donors (Lipinski definition) is 3. The van der Waals surface area contributed by atoms with Crippen LogP contribution in [0.2, 0.25) is 10.0 Å². The first kappa shape index (κ1) is 18.1. The summed E-state index contributed by atoms with van der Waals surface area (Å²) in [5.41, 5.74) is 14.3. The lowest BCUT2D eigenvalue weighted by Gasteiger charge is -2.16. The molecule has 0 aromatic heterocycles. The third-order valence-electron chi connectivity index (χ3n) is 3.84. The van der Waals surface area contributed by atoms with Gasteiger partial charge in [0, 0.05) is 6.42 Å². The highest BCUT2D eigenvalue weighted by Gasteiger charge is 2.26. The maximum absolute atomic E-state index is 12.2. The number of Topliss-reactive ketones (excluding diaryl/α,β-unsaturated/α-hetero) is 1. The SMILES string of the molecule is N=C1CC(=O)C(=Nc2ccc(N)c(Cl)c2)CC1=Nc1ccc(N)c(Cl)c1. The number of benzene rings is 2. The van der Waals surface area contributed by atoms with Gasteiger partial charge < -0.3 is 16.9 Å². The fourth-order valence-electron chi connectivity index (χ4n) is 2.42. The molecular weight excluding hydrogens is 373 g/mol. The third kappa shape index (κ3) is 3.92. The van der Waals surface area contributed by atoms with Gasteiger partial charge in [-0.05, 0) is 36.4 Å². The molecule has 0 saturated heterocycles. The van der Waals surface area contributed by atoms with Crippen LogP contribution in [-0.4, -0.2) is 22.9 Å². The Morgan fingerprint density at radius 2 is 1.35 bits per heavy atom. The molecule has 0 amide bonds. The van der Waals surface area contributed by atoms with Crippen LogP contribution in [0.15, 0.2) is 46.4 Å². The van der Waals surface area contributed by atoms with E-state index in [9.17, 15) is 4.79 Å². The standard InChI is InChI=1S/C18H15Cl2N5O/c19-11-5-9(1-3-13(11)21)24-16-8-17(18(26)7-15(16)23)25-10-2-4-14(22)12(20)6-10/h1-6,23H,7-8,21-22H2. The number of aliphatic imine (C=N–C) groups is 2. The van der Waals surface area contributed by atoms with Crippen LogP contribution in [0.3, 0.4) is 0 Å². The second-order valence-electron chi connectivity index (χ2n) is 5.78. The van der Waals surface area contributed by atoms with Crippen LogP contribution < -0.4 is 11.5 Å². The van der Waals surface area contributed by atoms with E-state index in [0.717, 1.165) is 0 Å². The molecule has 1 saturated carbocycles. The number of anilines is 2. The Bertz CT molecular complexity index is 904. The summed E-state index contributed by atoms with van der Waals surface area (Å²) < 4.78 is 0. The monoisotopic (exact) mass is 387 g/mol. The van der Waals surface area contributed by atoms with Crippen molar-refractivity contribution in [3.8, 4) is 0 Å². The van der Waals surface area contributed by atoms with Crippen molar-refractivity contribution in [1.29, 1.82) is 5.41 Å². The molecule has 0 spiro atoms. The topological polar surface area (TPSA) is 118 Å². The number of halogens is 2. The highest BCUT2D eigenvalue weighted by Crippen LogP contribution is 2.27. The quantitative estimate of drug-likeness (QED) is 0.662. The number of carbonyl (C=O) groups is 1.